The molecule has 0 aromatic heterocycles. The monoisotopic (exact) mass is 290 g/mol. The number of carbonyl (C=O) groups excluding carboxylic acids is 2. The fourth-order valence-corrected chi connectivity index (χ4v) is 1.89. The zero-order valence-corrected chi connectivity index (χ0v) is 11.4. The molecule has 0 spiro atoms. The molecule has 0 bridgehead atoms. The molecule has 1 aromatic rings. The highest BCUT2D eigenvalue weighted by molar-refractivity contribution is 6.39. The molecular weight excluding hydrogens is 276 g/mol. The quantitative estimate of drug-likeness (QED) is 0.506. The van der Waals surface area contributed by atoms with E-state index >= 15 is 0 Å². The number of amides is 1. The molecular formula is C14H14N2O5. The lowest BCUT2D eigenvalue weighted by molar-refractivity contribution is -0.384. The third kappa shape index (κ3) is 3.25. The number of rotatable bonds is 5. The summed E-state index contributed by atoms with van der Waals surface area (Å²) in [7, 11) is 0. The summed E-state index contributed by atoms with van der Waals surface area (Å²) in [6, 6.07) is 4.16. The molecule has 2 rings (SSSR count). The number of allylic oxidation sites excluding steroid dienone is 1. The van der Waals surface area contributed by atoms with Crippen molar-refractivity contribution in [2.75, 3.05) is 6.61 Å². The van der Waals surface area contributed by atoms with E-state index in [1.165, 1.54) is 24.3 Å². The number of nitro benzene ring substituents is 1. The van der Waals surface area contributed by atoms with Gasteiger partial charge in [0, 0.05) is 29.8 Å². The van der Waals surface area contributed by atoms with Gasteiger partial charge in [0.05, 0.1) is 11.5 Å². The fraction of sp³-hybridized carbons (Fsp3) is 0.286. The summed E-state index contributed by atoms with van der Waals surface area (Å²) in [6.07, 6.45) is 2.28. The Morgan fingerprint density at radius 1 is 1.38 bits per heavy atom. The highest BCUT2D eigenvalue weighted by Gasteiger charge is 2.23. The zero-order valence-electron chi connectivity index (χ0n) is 11.4. The largest absolute Gasteiger partial charge is 0.493 e. The van der Waals surface area contributed by atoms with Crippen molar-refractivity contribution in [2.45, 2.75) is 19.8 Å². The minimum absolute atomic E-state index is 0.0307. The standard InChI is InChI=1S/C14H14N2O5/c1-2-7-21-13-6-3-9(16(19)20)8-10(13)11-4-5-12(17)14(18)15-11/h3-4,6,8H,2,5,7H2,1H3,(H,15,18). The summed E-state index contributed by atoms with van der Waals surface area (Å²) in [5.41, 5.74) is 0.647. The molecule has 0 radical (unpaired) electrons. The number of ketones is 1. The van der Waals surface area contributed by atoms with Crippen LogP contribution in [0, 0.1) is 10.1 Å². The van der Waals surface area contributed by atoms with Gasteiger partial charge in [0.2, 0.25) is 5.78 Å². The summed E-state index contributed by atoms with van der Waals surface area (Å²) >= 11 is 0. The van der Waals surface area contributed by atoms with Crippen LogP contribution < -0.4 is 10.1 Å². The second kappa shape index (κ2) is 6.17. The van der Waals surface area contributed by atoms with Gasteiger partial charge in [-0.1, -0.05) is 13.0 Å². The normalized spacial score (nSPS) is 14.4. The van der Waals surface area contributed by atoms with Crippen molar-refractivity contribution < 1.29 is 19.2 Å². The third-order valence-corrected chi connectivity index (χ3v) is 2.92. The number of ether oxygens (including phenoxy) is 1. The van der Waals surface area contributed by atoms with Crippen LogP contribution in [0.15, 0.2) is 24.3 Å². The Bertz CT molecular complexity index is 636. The Hall–Kier alpha value is -2.70. The SMILES string of the molecule is CCCOc1ccc([N+](=O)[O-])cc1C1=CCC(=O)C(=O)N1. The van der Waals surface area contributed by atoms with E-state index in [1.54, 1.807) is 0 Å². The predicted octanol–water partition coefficient (Wildman–Crippen LogP) is 1.81. The molecule has 1 aliphatic rings. The van der Waals surface area contributed by atoms with E-state index in [4.69, 9.17) is 4.74 Å². The van der Waals surface area contributed by atoms with Crippen molar-refractivity contribution in [3.63, 3.8) is 0 Å². The van der Waals surface area contributed by atoms with Crippen LogP contribution in [0.25, 0.3) is 5.70 Å². The van der Waals surface area contributed by atoms with Gasteiger partial charge in [0.15, 0.2) is 0 Å². The first-order chi connectivity index (χ1) is 10.0. The highest BCUT2D eigenvalue weighted by atomic mass is 16.6. The van der Waals surface area contributed by atoms with Crippen LogP contribution in [-0.2, 0) is 9.59 Å². The number of nitrogens with zero attached hydrogens (tertiary/aromatic N) is 1. The van der Waals surface area contributed by atoms with Gasteiger partial charge in [0.1, 0.15) is 5.75 Å². The van der Waals surface area contributed by atoms with Crippen LogP contribution in [0.2, 0.25) is 0 Å². The van der Waals surface area contributed by atoms with Crippen molar-refractivity contribution in [2.24, 2.45) is 0 Å². The van der Waals surface area contributed by atoms with Crippen molar-refractivity contribution in [3.05, 3.63) is 40.0 Å². The molecule has 1 aromatic carbocycles. The Labute approximate surface area is 120 Å². The van der Waals surface area contributed by atoms with E-state index in [9.17, 15) is 19.7 Å². The van der Waals surface area contributed by atoms with Crippen molar-refractivity contribution in [1.29, 1.82) is 0 Å². The molecule has 0 atom stereocenters. The number of nitro groups is 1. The van der Waals surface area contributed by atoms with Gasteiger partial charge in [0.25, 0.3) is 11.6 Å². The average molecular weight is 290 g/mol. The Balaban J connectivity index is 2.43. The van der Waals surface area contributed by atoms with Crippen LogP contribution in [0.1, 0.15) is 25.3 Å². The van der Waals surface area contributed by atoms with Gasteiger partial charge in [-0.25, -0.2) is 0 Å². The van der Waals surface area contributed by atoms with Gasteiger partial charge < -0.3 is 10.1 Å². The first kappa shape index (κ1) is 14.7. The zero-order chi connectivity index (χ0) is 15.4. The summed E-state index contributed by atoms with van der Waals surface area (Å²) in [5.74, 6) is -0.830. The predicted molar refractivity (Wildman–Crippen MR) is 74.6 cm³/mol. The Morgan fingerprint density at radius 3 is 2.76 bits per heavy atom. The number of hydrogen-bond donors (Lipinski definition) is 1. The second-order valence-corrected chi connectivity index (χ2v) is 4.49. The molecule has 1 aliphatic heterocycles. The van der Waals surface area contributed by atoms with Crippen LogP contribution in [0.5, 0.6) is 5.75 Å². The first-order valence-electron chi connectivity index (χ1n) is 6.49. The topological polar surface area (TPSA) is 98.5 Å². The maximum atomic E-state index is 11.4. The number of Topliss-reactive ketones (excluding diaryl/α,β-unsaturated/α-hetero) is 1. The number of nitrogens with one attached hydrogen (secondary N) is 1. The van der Waals surface area contributed by atoms with E-state index in [1.807, 2.05) is 6.92 Å². The van der Waals surface area contributed by atoms with E-state index in [0.717, 1.165) is 6.42 Å². The summed E-state index contributed by atoms with van der Waals surface area (Å²) < 4.78 is 5.54. The lowest BCUT2D eigenvalue weighted by atomic mass is 10.0. The highest BCUT2D eigenvalue weighted by Crippen LogP contribution is 2.30. The van der Waals surface area contributed by atoms with Crippen molar-refractivity contribution in [3.8, 4) is 5.75 Å². The lowest BCUT2D eigenvalue weighted by Crippen LogP contribution is -2.33. The number of benzene rings is 1. The molecule has 0 saturated heterocycles. The molecule has 0 saturated carbocycles. The average Bonchev–Trinajstić information content (AvgIpc) is 2.47. The van der Waals surface area contributed by atoms with Crippen LogP contribution in [0.3, 0.4) is 0 Å². The molecule has 0 unspecified atom stereocenters. The minimum Gasteiger partial charge on any atom is -0.493 e. The maximum absolute atomic E-state index is 11.4. The first-order valence-corrected chi connectivity index (χ1v) is 6.49. The van der Waals surface area contributed by atoms with E-state index in [-0.39, 0.29) is 12.1 Å². The van der Waals surface area contributed by atoms with Crippen LogP contribution in [-0.4, -0.2) is 23.2 Å². The van der Waals surface area contributed by atoms with Gasteiger partial charge in [-0.05, 0) is 12.5 Å². The summed E-state index contributed by atoms with van der Waals surface area (Å²) in [4.78, 5) is 33.0. The lowest BCUT2D eigenvalue weighted by Gasteiger charge is -2.17. The van der Waals surface area contributed by atoms with Crippen molar-refractivity contribution in [1.82, 2.24) is 5.32 Å². The smallest absolute Gasteiger partial charge is 0.292 e. The van der Waals surface area contributed by atoms with Gasteiger partial charge in [-0.3, -0.25) is 19.7 Å². The number of non-ortho nitro benzene ring substituents is 1. The maximum Gasteiger partial charge on any atom is 0.292 e. The molecule has 0 aliphatic carbocycles. The molecule has 7 nitrogen and oxygen atoms in total. The molecule has 0 fully saturated rings. The number of hydrogen-bond acceptors (Lipinski definition) is 5. The summed E-state index contributed by atoms with van der Waals surface area (Å²) in [5, 5.41) is 13.3. The molecule has 7 heteroatoms. The fourth-order valence-electron chi connectivity index (χ4n) is 1.89. The summed E-state index contributed by atoms with van der Waals surface area (Å²) in [6.45, 7) is 2.39. The van der Waals surface area contributed by atoms with Crippen molar-refractivity contribution >= 4 is 23.1 Å². The van der Waals surface area contributed by atoms with E-state index in [0.29, 0.717) is 23.6 Å². The molecule has 1 amide bonds. The molecule has 110 valence electrons. The number of carbonyl (C=O) groups is 2. The minimum atomic E-state index is -0.722. The van der Waals surface area contributed by atoms with Gasteiger partial charge >= 0.3 is 0 Å². The second-order valence-electron chi connectivity index (χ2n) is 4.49. The van der Waals surface area contributed by atoms with E-state index in [2.05, 4.69) is 5.32 Å². The molecule has 1 N–H and O–H groups in total. The third-order valence-electron chi connectivity index (χ3n) is 2.92. The van der Waals surface area contributed by atoms with Gasteiger partial charge in [-0.15, -0.1) is 0 Å². The van der Waals surface area contributed by atoms with Gasteiger partial charge in [-0.2, -0.15) is 0 Å². The van der Waals surface area contributed by atoms with E-state index < -0.39 is 16.6 Å². The molecule has 21 heavy (non-hydrogen) atoms. The van der Waals surface area contributed by atoms with Crippen LogP contribution >= 0.6 is 0 Å². The molecule has 1 heterocycles. The Morgan fingerprint density at radius 2 is 2.14 bits per heavy atom. The van der Waals surface area contributed by atoms with Crippen LogP contribution in [0.4, 0.5) is 5.69 Å². The Kier molecular flexibility index (Phi) is 4.32.